The van der Waals surface area contributed by atoms with Crippen molar-refractivity contribution in [3.63, 3.8) is 0 Å². The Morgan fingerprint density at radius 1 is 0.870 bits per heavy atom. The molecule has 23 heavy (non-hydrogen) atoms. The van der Waals surface area contributed by atoms with E-state index in [0.717, 1.165) is 0 Å². The average Bonchev–Trinajstić information content (AvgIpc) is 2.50. The van der Waals surface area contributed by atoms with Crippen molar-refractivity contribution in [3.8, 4) is 0 Å². The Balaban J connectivity index is 1.93. The number of hydrogen-bond donors (Lipinski definition) is 3. The van der Waals surface area contributed by atoms with Crippen LogP contribution in [0.4, 0.5) is 5.69 Å². The molecule has 0 saturated carbocycles. The molecule has 2 aromatic carbocycles. The number of nitrogens with one attached hydrogen (secondary N) is 3. The summed E-state index contributed by atoms with van der Waals surface area (Å²) in [4.78, 5) is 12.0. The number of carbonyl (C=O) groups is 1. The van der Waals surface area contributed by atoms with Crippen LogP contribution in [-0.2, 0) is 0 Å². The molecule has 0 unspecified atom stereocenters. The van der Waals surface area contributed by atoms with Gasteiger partial charge in [0.25, 0.3) is 5.91 Å². The van der Waals surface area contributed by atoms with Crippen LogP contribution in [0.2, 0.25) is 20.1 Å². The second-order valence-corrected chi connectivity index (χ2v) is 6.35. The zero-order chi connectivity index (χ0) is 17.0. The van der Waals surface area contributed by atoms with Gasteiger partial charge in [-0.15, -0.1) is 0 Å². The fourth-order valence-corrected chi connectivity index (χ4v) is 2.48. The van der Waals surface area contributed by atoms with Crippen molar-refractivity contribution in [1.29, 1.82) is 0 Å². The number of halogens is 4. The first kappa shape index (κ1) is 18.1. The molecule has 0 aliphatic heterocycles. The molecule has 9 heteroatoms. The largest absolute Gasteiger partial charge is 0.330 e. The highest BCUT2D eigenvalue weighted by atomic mass is 35.5. The summed E-state index contributed by atoms with van der Waals surface area (Å²) < 4.78 is 0. The van der Waals surface area contributed by atoms with Crippen molar-refractivity contribution in [2.24, 2.45) is 0 Å². The molecule has 0 fully saturated rings. The average molecular weight is 409 g/mol. The van der Waals surface area contributed by atoms with Crippen LogP contribution in [0.3, 0.4) is 0 Å². The smallest absolute Gasteiger partial charge is 0.269 e. The van der Waals surface area contributed by atoms with Gasteiger partial charge in [0.2, 0.25) is 0 Å². The lowest BCUT2D eigenvalue weighted by Crippen LogP contribution is -2.43. The summed E-state index contributed by atoms with van der Waals surface area (Å²) in [6.45, 7) is 0. The van der Waals surface area contributed by atoms with Crippen molar-refractivity contribution in [2.45, 2.75) is 0 Å². The fourth-order valence-electron chi connectivity index (χ4n) is 1.57. The normalized spacial score (nSPS) is 10.1. The third kappa shape index (κ3) is 5.12. The van der Waals surface area contributed by atoms with Crippen LogP contribution in [0.5, 0.6) is 0 Å². The van der Waals surface area contributed by atoms with E-state index in [1.54, 1.807) is 18.2 Å². The summed E-state index contributed by atoms with van der Waals surface area (Å²) in [7, 11) is 0. The number of carbonyl (C=O) groups excluding carboxylic acids is 1. The van der Waals surface area contributed by atoms with E-state index in [0.29, 0.717) is 26.3 Å². The van der Waals surface area contributed by atoms with Crippen LogP contribution in [0.1, 0.15) is 10.4 Å². The first-order valence-electron chi connectivity index (χ1n) is 6.14. The van der Waals surface area contributed by atoms with Gasteiger partial charge in [-0.1, -0.05) is 46.4 Å². The van der Waals surface area contributed by atoms with Crippen molar-refractivity contribution in [3.05, 3.63) is 62.1 Å². The van der Waals surface area contributed by atoms with E-state index in [2.05, 4.69) is 16.2 Å². The lowest BCUT2D eigenvalue weighted by atomic mass is 10.2. The van der Waals surface area contributed by atoms with Crippen LogP contribution >= 0.6 is 58.6 Å². The number of benzene rings is 2. The molecule has 1 amide bonds. The molecule has 0 atom stereocenters. The highest BCUT2D eigenvalue weighted by Gasteiger charge is 2.09. The summed E-state index contributed by atoms with van der Waals surface area (Å²) >= 11 is 28.6. The van der Waals surface area contributed by atoms with Crippen molar-refractivity contribution in [1.82, 2.24) is 10.9 Å². The zero-order valence-corrected chi connectivity index (χ0v) is 15.1. The molecule has 2 rings (SSSR count). The molecule has 0 aliphatic rings. The minimum atomic E-state index is -0.421. The Morgan fingerprint density at radius 2 is 1.61 bits per heavy atom. The fraction of sp³-hybridized carbons (Fsp3) is 0. The Bertz CT molecular complexity index is 770. The SMILES string of the molecule is O=C(NNC(=S)Nc1ccc(Cl)cc1Cl)c1ccc(Cl)c(Cl)c1. The topological polar surface area (TPSA) is 53.2 Å². The van der Waals surface area contributed by atoms with Crippen LogP contribution in [0.25, 0.3) is 0 Å². The summed E-state index contributed by atoms with van der Waals surface area (Å²) in [5.41, 5.74) is 5.88. The van der Waals surface area contributed by atoms with Crippen molar-refractivity contribution < 1.29 is 4.79 Å². The molecule has 0 aliphatic carbocycles. The monoisotopic (exact) mass is 407 g/mol. The first-order chi connectivity index (χ1) is 10.9. The molecule has 2 aromatic rings. The lowest BCUT2D eigenvalue weighted by Gasteiger charge is -2.13. The van der Waals surface area contributed by atoms with Gasteiger partial charge < -0.3 is 5.32 Å². The van der Waals surface area contributed by atoms with Gasteiger partial charge in [-0.05, 0) is 48.6 Å². The number of hydrazine groups is 1. The van der Waals surface area contributed by atoms with Crippen LogP contribution < -0.4 is 16.2 Å². The van der Waals surface area contributed by atoms with Gasteiger partial charge in [-0.25, -0.2) is 0 Å². The number of thiocarbonyl (C=S) groups is 1. The Labute approximate surface area is 158 Å². The molecule has 3 N–H and O–H groups in total. The predicted molar refractivity (Wildman–Crippen MR) is 99.7 cm³/mol. The van der Waals surface area contributed by atoms with Crippen LogP contribution in [0, 0.1) is 0 Å². The minimum absolute atomic E-state index is 0.155. The van der Waals surface area contributed by atoms with E-state index in [4.69, 9.17) is 58.6 Å². The molecule has 120 valence electrons. The van der Waals surface area contributed by atoms with E-state index >= 15 is 0 Å². The maximum absolute atomic E-state index is 12.0. The van der Waals surface area contributed by atoms with Crippen LogP contribution in [0.15, 0.2) is 36.4 Å². The van der Waals surface area contributed by atoms with Gasteiger partial charge in [-0.3, -0.25) is 15.6 Å². The maximum atomic E-state index is 12.0. The second kappa shape index (κ2) is 8.04. The van der Waals surface area contributed by atoms with Gasteiger partial charge in [0, 0.05) is 10.6 Å². The lowest BCUT2D eigenvalue weighted by molar-refractivity contribution is 0.0944. The van der Waals surface area contributed by atoms with Gasteiger partial charge in [0.1, 0.15) is 0 Å². The van der Waals surface area contributed by atoms with Crippen molar-refractivity contribution in [2.75, 3.05) is 5.32 Å². The predicted octanol–water partition coefficient (Wildman–Crippen LogP) is 4.93. The molecule has 0 radical (unpaired) electrons. The van der Waals surface area contributed by atoms with E-state index in [-0.39, 0.29) is 10.1 Å². The van der Waals surface area contributed by atoms with Gasteiger partial charge >= 0.3 is 0 Å². The molecule has 0 bridgehead atoms. The maximum Gasteiger partial charge on any atom is 0.269 e. The molecular weight excluding hydrogens is 400 g/mol. The molecule has 0 saturated heterocycles. The third-order valence-electron chi connectivity index (χ3n) is 2.65. The molecule has 0 aromatic heterocycles. The molecule has 4 nitrogen and oxygen atoms in total. The van der Waals surface area contributed by atoms with E-state index in [1.165, 1.54) is 18.2 Å². The minimum Gasteiger partial charge on any atom is -0.330 e. The number of rotatable bonds is 2. The molecule has 0 spiro atoms. The summed E-state index contributed by atoms with van der Waals surface area (Å²) in [6, 6.07) is 9.42. The number of amides is 1. The van der Waals surface area contributed by atoms with E-state index in [9.17, 15) is 4.79 Å². The summed E-state index contributed by atoms with van der Waals surface area (Å²) in [6.07, 6.45) is 0. The van der Waals surface area contributed by atoms with Gasteiger partial charge in [0.15, 0.2) is 5.11 Å². The molecule has 0 heterocycles. The Morgan fingerprint density at radius 3 is 2.26 bits per heavy atom. The Hall–Kier alpha value is -1.24. The summed E-state index contributed by atoms with van der Waals surface area (Å²) in [5, 5.41) is 4.55. The molecular formula is C14H9Cl4N3OS. The summed E-state index contributed by atoms with van der Waals surface area (Å²) in [5.74, 6) is -0.421. The second-order valence-electron chi connectivity index (χ2n) is 4.29. The quantitative estimate of drug-likeness (QED) is 0.487. The van der Waals surface area contributed by atoms with E-state index < -0.39 is 5.91 Å². The zero-order valence-electron chi connectivity index (χ0n) is 11.3. The van der Waals surface area contributed by atoms with Gasteiger partial charge in [-0.2, -0.15) is 0 Å². The van der Waals surface area contributed by atoms with E-state index in [1.807, 2.05) is 0 Å². The number of hydrogen-bond acceptors (Lipinski definition) is 2. The van der Waals surface area contributed by atoms with Crippen molar-refractivity contribution >= 4 is 75.3 Å². The first-order valence-corrected chi connectivity index (χ1v) is 8.06. The third-order valence-corrected chi connectivity index (χ3v) is 4.14. The number of anilines is 1. The highest BCUT2D eigenvalue weighted by molar-refractivity contribution is 7.80. The van der Waals surface area contributed by atoms with Gasteiger partial charge in [0.05, 0.1) is 20.8 Å². The standard InChI is InChI=1S/C14H9Cl4N3OS/c15-8-2-4-12(11(18)6-8)19-14(23)21-20-13(22)7-1-3-9(16)10(17)5-7/h1-6H,(H,20,22)(H2,19,21,23). The Kier molecular flexibility index (Phi) is 6.33. The van der Waals surface area contributed by atoms with Crippen LogP contribution in [-0.4, -0.2) is 11.0 Å². The highest BCUT2D eigenvalue weighted by Crippen LogP contribution is 2.25.